The van der Waals surface area contributed by atoms with E-state index in [0.29, 0.717) is 0 Å². The summed E-state index contributed by atoms with van der Waals surface area (Å²) in [5.41, 5.74) is 10.2. The van der Waals surface area contributed by atoms with E-state index in [1.165, 1.54) is 0 Å². The van der Waals surface area contributed by atoms with Gasteiger partial charge in [-0.15, -0.1) is 13.2 Å². The first-order valence-corrected chi connectivity index (χ1v) is 3.87. The molecule has 0 bridgehead atoms. The van der Waals surface area contributed by atoms with Crippen LogP contribution in [0.3, 0.4) is 0 Å². The minimum absolute atomic E-state index is 0.0116. The fourth-order valence-electron chi connectivity index (χ4n) is 1.06. The van der Waals surface area contributed by atoms with Gasteiger partial charge < -0.3 is 16.2 Å². The van der Waals surface area contributed by atoms with Crippen LogP contribution in [-0.4, -0.2) is 6.36 Å². The first-order chi connectivity index (χ1) is 6.83. The van der Waals surface area contributed by atoms with E-state index in [-0.39, 0.29) is 17.8 Å². The van der Waals surface area contributed by atoms with Gasteiger partial charge in [0, 0.05) is 23.9 Å². The van der Waals surface area contributed by atoms with Gasteiger partial charge in [-0.2, -0.15) is 0 Å². The number of hydrogen-bond acceptors (Lipinski definition) is 3. The van der Waals surface area contributed by atoms with Crippen LogP contribution in [0.15, 0.2) is 12.1 Å². The van der Waals surface area contributed by atoms with Crippen LogP contribution in [0.25, 0.3) is 0 Å². The summed E-state index contributed by atoms with van der Waals surface area (Å²) in [6.45, 7) is -0.298. The molecular weight excluding hydrogens is 216 g/mol. The smallest absolute Gasteiger partial charge is 0.402 e. The third-order valence-electron chi connectivity index (χ3n) is 1.58. The summed E-state index contributed by atoms with van der Waals surface area (Å²) in [4.78, 5) is 0. The molecule has 7 heteroatoms. The van der Waals surface area contributed by atoms with E-state index in [9.17, 15) is 17.6 Å². The molecule has 1 aromatic rings. The van der Waals surface area contributed by atoms with E-state index < -0.39 is 17.9 Å². The third-order valence-corrected chi connectivity index (χ3v) is 1.58. The second kappa shape index (κ2) is 3.93. The van der Waals surface area contributed by atoms with Crippen LogP contribution in [0, 0.1) is 5.82 Å². The van der Waals surface area contributed by atoms with E-state index in [1.807, 2.05) is 0 Å². The summed E-state index contributed by atoms with van der Waals surface area (Å²) >= 11 is 0. The number of rotatable bonds is 2. The number of nitrogens with two attached hydrogens (primary N) is 2. The zero-order valence-electron chi connectivity index (χ0n) is 7.44. The predicted octanol–water partition coefficient (Wildman–Crippen LogP) is 1.77. The van der Waals surface area contributed by atoms with Crippen molar-refractivity contribution in [1.82, 2.24) is 0 Å². The van der Waals surface area contributed by atoms with Gasteiger partial charge in [-0.3, -0.25) is 0 Å². The molecule has 0 aliphatic rings. The average molecular weight is 224 g/mol. The number of hydrogen-bond donors (Lipinski definition) is 2. The standard InChI is InChI=1S/C8H8F4N2O/c9-6-2-5(14)1-4(3-13)7(6)15-8(10,11)12/h1-2H,3,13-14H2. The van der Waals surface area contributed by atoms with Gasteiger partial charge in [0.2, 0.25) is 0 Å². The predicted molar refractivity (Wildman–Crippen MR) is 45.4 cm³/mol. The van der Waals surface area contributed by atoms with Crippen LogP contribution in [0.4, 0.5) is 23.2 Å². The van der Waals surface area contributed by atoms with E-state index in [1.54, 1.807) is 0 Å². The number of alkyl halides is 3. The highest BCUT2D eigenvalue weighted by Crippen LogP contribution is 2.30. The van der Waals surface area contributed by atoms with E-state index in [4.69, 9.17) is 11.5 Å². The van der Waals surface area contributed by atoms with Crippen molar-refractivity contribution in [2.75, 3.05) is 5.73 Å². The number of ether oxygens (including phenoxy) is 1. The van der Waals surface area contributed by atoms with Crippen molar-refractivity contribution in [3.63, 3.8) is 0 Å². The van der Waals surface area contributed by atoms with Gasteiger partial charge in [0.25, 0.3) is 0 Å². The quantitative estimate of drug-likeness (QED) is 0.594. The lowest BCUT2D eigenvalue weighted by molar-refractivity contribution is -0.275. The van der Waals surface area contributed by atoms with E-state index >= 15 is 0 Å². The Labute approximate surface area is 82.6 Å². The van der Waals surface area contributed by atoms with Crippen LogP contribution in [-0.2, 0) is 6.54 Å². The Morgan fingerprint density at radius 2 is 1.87 bits per heavy atom. The molecule has 3 nitrogen and oxygen atoms in total. The van der Waals surface area contributed by atoms with Gasteiger partial charge in [-0.1, -0.05) is 0 Å². The highest BCUT2D eigenvalue weighted by Gasteiger charge is 2.33. The Morgan fingerprint density at radius 1 is 1.27 bits per heavy atom. The molecule has 0 unspecified atom stereocenters. The monoisotopic (exact) mass is 224 g/mol. The van der Waals surface area contributed by atoms with Crippen molar-refractivity contribution in [3.8, 4) is 5.75 Å². The molecule has 0 saturated carbocycles. The number of anilines is 1. The second-order valence-electron chi connectivity index (χ2n) is 2.74. The molecule has 0 aromatic heterocycles. The molecule has 0 fully saturated rings. The van der Waals surface area contributed by atoms with Crippen LogP contribution < -0.4 is 16.2 Å². The van der Waals surface area contributed by atoms with Crippen LogP contribution in [0.2, 0.25) is 0 Å². The number of halogens is 4. The molecule has 1 aromatic carbocycles. The molecule has 84 valence electrons. The molecule has 0 radical (unpaired) electrons. The van der Waals surface area contributed by atoms with Crippen molar-refractivity contribution in [3.05, 3.63) is 23.5 Å². The number of nitrogen functional groups attached to an aromatic ring is 1. The topological polar surface area (TPSA) is 61.3 Å². The van der Waals surface area contributed by atoms with Crippen LogP contribution in [0.5, 0.6) is 5.75 Å². The Bertz CT molecular complexity index is 364. The first-order valence-electron chi connectivity index (χ1n) is 3.87. The molecule has 0 atom stereocenters. The van der Waals surface area contributed by atoms with Gasteiger partial charge >= 0.3 is 6.36 Å². The zero-order valence-corrected chi connectivity index (χ0v) is 7.44. The van der Waals surface area contributed by atoms with Gasteiger partial charge in [-0.25, -0.2) is 4.39 Å². The molecule has 1 rings (SSSR count). The molecule has 15 heavy (non-hydrogen) atoms. The summed E-state index contributed by atoms with van der Waals surface area (Å²) in [6, 6.07) is 1.87. The molecule has 0 saturated heterocycles. The molecular formula is C8H8F4N2O. The summed E-state index contributed by atoms with van der Waals surface area (Å²) < 4.78 is 52.2. The lowest BCUT2D eigenvalue weighted by Crippen LogP contribution is -2.20. The summed E-state index contributed by atoms with van der Waals surface area (Å²) in [7, 11) is 0. The minimum Gasteiger partial charge on any atom is -0.402 e. The van der Waals surface area contributed by atoms with E-state index in [2.05, 4.69) is 4.74 Å². The lowest BCUT2D eigenvalue weighted by Gasteiger charge is -2.13. The Hall–Kier alpha value is -1.50. The molecule has 0 aliphatic carbocycles. The van der Waals surface area contributed by atoms with Gasteiger partial charge in [-0.05, 0) is 6.07 Å². The zero-order chi connectivity index (χ0) is 11.6. The van der Waals surface area contributed by atoms with E-state index in [0.717, 1.165) is 12.1 Å². The lowest BCUT2D eigenvalue weighted by atomic mass is 10.1. The van der Waals surface area contributed by atoms with Gasteiger partial charge in [0.1, 0.15) is 0 Å². The van der Waals surface area contributed by atoms with Crippen LogP contribution in [0.1, 0.15) is 5.56 Å². The Morgan fingerprint density at radius 3 is 2.33 bits per heavy atom. The molecule has 0 amide bonds. The first kappa shape index (κ1) is 11.6. The van der Waals surface area contributed by atoms with Gasteiger partial charge in [0.05, 0.1) is 0 Å². The summed E-state index contributed by atoms with van der Waals surface area (Å²) in [5.74, 6) is -2.12. The fraction of sp³-hybridized carbons (Fsp3) is 0.250. The normalized spacial score (nSPS) is 11.5. The highest BCUT2D eigenvalue weighted by atomic mass is 19.4. The maximum absolute atomic E-state index is 13.1. The minimum atomic E-state index is -4.96. The van der Waals surface area contributed by atoms with Crippen LogP contribution >= 0.6 is 0 Å². The third kappa shape index (κ3) is 2.98. The SMILES string of the molecule is NCc1cc(N)cc(F)c1OC(F)(F)F. The highest BCUT2D eigenvalue weighted by molar-refractivity contribution is 5.49. The van der Waals surface area contributed by atoms with Gasteiger partial charge in [0.15, 0.2) is 11.6 Å². The molecule has 0 heterocycles. The van der Waals surface area contributed by atoms with Crippen molar-refractivity contribution in [2.45, 2.75) is 12.9 Å². The Balaban J connectivity index is 3.15. The second-order valence-corrected chi connectivity index (χ2v) is 2.74. The average Bonchev–Trinajstić information content (AvgIpc) is 2.07. The molecule has 0 aliphatic heterocycles. The maximum atomic E-state index is 13.1. The largest absolute Gasteiger partial charge is 0.573 e. The summed E-state index contributed by atoms with van der Waals surface area (Å²) in [6.07, 6.45) is -4.96. The van der Waals surface area contributed by atoms with Crippen molar-refractivity contribution in [1.29, 1.82) is 0 Å². The van der Waals surface area contributed by atoms with Crippen molar-refractivity contribution >= 4 is 5.69 Å². The number of benzene rings is 1. The summed E-state index contributed by atoms with van der Waals surface area (Å²) in [5, 5.41) is 0. The fourth-order valence-corrected chi connectivity index (χ4v) is 1.06. The van der Waals surface area contributed by atoms with Crippen molar-refractivity contribution < 1.29 is 22.3 Å². The molecule has 0 spiro atoms. The maximum Gasteiger partial charge on any atom is 0.573 e. The van der Waals surface area contributed by atoms with Crippen molar-refractivity contribution in [2.24, 2.45) is 5.73 Å². The molecule has 4 N–H and O–H groups in total. The Kier molecular flexibility index (Phi) is 3.04.